The van der Waals surface area contributed by atoms with E-state index < -0.39 is 0 Å². The van der Waals surface area contributed by atoms with Crippen molar-refractivity contribution >= 4 is 5.91 Å². The van der Waals surface area contributed by atoms with E-state index in [1.807, 2.05) is 4.90 Å². The summed E-state index contributed by atoms with van der Waals surface area (Å²) in [5, 5.41) is 0. The zero-order valence-corrected chi connectivity index (χ0v) is 11.2. The Morgan fingerprint density at radius 1 is 1.44 bits per heavy atom. The summed E-state index contributed by atoms with van der Waals surface area (Å²) in [5.41, 5.74) is 0.476. The molecule has 98 valence electrons. The largest absolute Gasteiger partial charge is 0.338 e. The lowest BCUT2D eigenvalue weighted by Gasteiger charge is -2.26. The maximum atomic E-state index is 12.2. The van der Waals surface area contributed by atoms with Gasteiger partial charge in [-0.05, 0) is 23.8 Å². The monoisotopic (exact) mass is 248 g/mol. The molecule has 2 rings (SSSR count). The van der Waals surface area contributed by atoms with Crippen LogP contribution in [0.3, 0.4) is 0 Å². The highest BCUT2D eigenvalue weighted by Crippen LogP contribution is 2.33. The fourth-order valence-electron chi connectivity index (χ4n) is 2.41. The Hall–Kier alpha value is -1.58. The van der Waals surface area contributed by atoms with Crippen LogP contribution in [-0.4, -0.2) is 28.9 Å². The van der Waals surface area contributed by atoms with Gasteiger partial charge in [-0.25, -0.2) is 0 Å². The maximum Gasteiger partial charge on any atom is 0.254 e. The Kier molecular flexibility index (Phi) is 3.28. The molecule has 1 amide bonds. The second-order valence-electron chi connectivity index (χ2n) is 6.04. The fraction of sp³-hybridized carbons (Fsp3) is 0.571. The van der Waals surface area contributed by atoms with Gasteiger partial charge in [0, 0.05) is 30.9 Å². The summed E-state index contributed by atoms with van der Waals surface area (Å²) in [4.78, 5) is 27.8. The zero-order valence-electron chi connectivity index (χ0n) is 11.2. The van der Waals surface area contributed by atoms with E-state index in [0.29, 0.717) is 11.5 Å². The number of rotatable bonds is 1. The highest BCUT2D eigenvalue weighted by Gasteiger charge is 2.34. The van der Waals surface area contributed by atoms with Crippen LogP contribution in [0.5, 0.6) is 0 Å². The number of aromatic nitrogens is 1. The minimum atomic E-state index is -0.229. The lowest BCUT2D eigenvalue weighted by Crippen LogP contribution is -2.31. The van der Waals surface area contributed by atoms with Gasteiger partial charge in [0.05, 0.1) is 0 Å². The van der Waals surface area contributed by atoms with Crippen LogP contribution < -0.4 is 5.56 Å². The summed E-state index contributed by atoms with van der Waals surface area (Å²) in [6.45, 7) is 8.19. The van der Waals surface area contributed by atoms with E-state index in [2.05, 4.69) is 25.8 Å². The van der Waals surface area contributed by atoms with Crippen molar-refractivity contribution in [3.63, 3.8) is 0 Å². The van der Waals surface area contributed by atoms with Crippen molar-refractivity contribution in [1.29, 1.82) is 0 Å². The van der Waals surface area contributed by atoms with Crippen molar-refractivity contribution in [3.8, 4) is 0 Å². The zero-order chi connectivity index (χ0) is 13.3. The third-order valence-electron chi connectivity index (χ3n) is 3.72. The predicted molar refractivity (Wildman–Crippen MR) is 70.5 cm³/mol. The van der Waals surface area contributed by atoms with Crippen LogP contribution >= 0.6 is 0 Å². The van der Waals surface area contributed by atoms with Gasteiger partial charge in [-0.3, -0.25) is 9.59 Å². The molecule has 1 atom stereocenters. The summed E-state index contributed by atoms with van der Waals surface area (Å²) in [7, 11) is 0. The molecule has 0 aliphatic carbocycles. The lowest BCUT2D eigenvalue weighted by molar-refractivity contribution is 0.0776. The molecule has 1 aromatic rings. The van der Waals surface area contributed by atoms with Crippen LogP contribution in [0.4, 0.5) is 0 Å². The van der Waals surface area contributed by atoms with Crippen LogP contribution in [-0.2, 0) is 0 Å². The molecule has 2 heterocycles. The first kappa shape index (κ1) is 12.9. The molecule has 1 aliphatic rings. The SMILES string of the molecule is CC(C)(C)C1CCN(C(=O)c2cc[nH]c(=O)c2)C1. The van der Waals surface area contributed by atoms with Crippen LogP contribution in [0.25, 0.3) is 0 Å². The molecular weight excluding hydrogens is 228 g/mol. The van der Waals surface area contributed by atoms with Crippen LogP contribution in [0, 0.1) is 11.3 Å². The first-order chi connectivity index (χ1) is 8.38. The maximum absolute atomic E-state index is 12.2. The van der Waals surface area contributed by atoms with E-state index in [-0.39, 0.29) is 16.9 Å². The third-order valence-corrected chi connectivity index (χ3v) is 3.72. The Labute approximate surface area is 107 Å². The Morgan fingerprint density at radius 2 is 2.17 bits per heavy atom. The quantitative estimate of drug-likeness (QED) is 0.825. The average molecular weight is 248 g/mol. The van der Waals surface area contributed by atoms with E-state index >= 15 is 0 Å². The van der Waals surface area contributed by atoms with Crippen molar-refractivity contribution in [3.05, 3.63) is 34.2 Å². The van der Waals surface area contributed by atoms with Gasteiger partial charge in [0.25, 0.3) is 5.91 Å². The molecule has 4 heteroatoms. The van der Waals surface area contributed by atoms with Gasteiger partial charge in [-0.1, -0.05) is 20.8 Å². The third kappa shape index (κ3) is 2.63. The van der Waals surface area contributed by atoms with Crippen LogP contribution in [0.15, 0.2) is 23.1 Å². The van der Waals surface area contributed by atoms with E-state index in [1.54, 1.807) is 6.07 Å². The van der Waals surface area contributed by atoms with Gasteiger partial charge >= 0.3 is 0 Å². The number of H-pyrrole nitrogens is 1. The topological polar surface area (TPSA) is 53.2 Å². The number of aromatic amines is 1. The molecule has 18 heavy (non-hydrogen) atoms. The fourth-order valence-corrected chi connectivity index (χ4v) is 2.41. The van der Waals surface area contributed by atoms with Crippen LogP contribution in [0.1, 0.15) is 37.6 Å². The Bertz CT molecular complexity index is 499. The molecule has 0 bridgehead atoms. The van der Waals surface area contributed by atoms with E-state index in [9.17, 15) is 9.59 Å². The van der Waals surface area contributed by atoms with Crippen molar-refractivity contribution in [2.45, 2.75) is 27.2 Å². The number of amides is 1. The van der Waals surface area contributed by atoms with Crippen molar-refractivity contribution in [1.82, 2.24) is 9.88 Å². The van der Waals surface area contributed by atoms with Gasteiger partial charge < -0.3 is 9.88 Å². The molecule has 4 nitrogen and oxygen atoms in total. The van der Waals surface area contributed by atoms with Gasteiger partial charge in [-0.2, -0.15) is 0 Å². The number of hydrogen-bond donors (Lipinski definition) is 1. The molecule has 1 unspecified atom stereocenters. The molecule has 1 aliphatic heterocycles. The summed E-state index contributed by atoms with van der Waals surface area (Å²) >= 11 is 0. The molecule has 1 fully saturated rings. The minimum Gasteiger partial charge on any atom is -0.338 e. The molecule has 0 spiro atoms. The molecule has 1 aromatic heterocycles. The van der Waals surface area contributed by atoms with Crippen molar-refractivity contribution < 1.29 is 4.79 Å². The summed E-state index contributed by atoms with van der Waals surface area (Å²) in [6.07, 6.45) is 2.56. The number of hydrogen-bond acceptors (Lipinski definition) is 2. The Morgan fingerprint density at radius 3 is 2.72 bits per heavy atom. The van der Waals surface area contributed by atoms with Gasteiger partial charge in [0.15, 0.2) is 0 Å². The second kappa shape index (κ2) is 4.59. The van der Waals surface area contributed by atoms with Gasteiger partial charge in [-0.15, -0.1) is 0 Å². The normalized spacial score (nSPS) is 20.2. The van der Waals surface area contributed by atoms with E-state index in [1.165, 1.54) is 12.3 Å². The van der Waals surface area contributed by atoms with Crippen molar-refractivity contribution in [2.24, 2.45) is 11.3 Å². The minimum absolute atomic E-state index is 0.0344. The Balaban J connectivity index is 2.11. The second-order valence-corrected chi connectivity index (χ2v) is 6.04. The summed E-state index contributed by atoms with van der Waals surface area (Å²) in [5.74, 6) is 0.497. The van der Waals surface area contributed by atoms with E-state index in [0.717, 1.165) is 19.5 Å². The van der Waals surface area contributed by atoms with Gasteiger partial charge in [0.2, 0.25) is 5.56 Å². The molecule has 0 aromatic carbocycles. The van der Waals surface area contributed by atoms with Crippen LogP contribution in [0.2, 0.25) is 0 Å². The van der Waals surface area contributed by atoms with E-state index in [4.69, 9.17) is 0 Å². The molecular formula is C14H20N2O2. The molecule has 1 saturated heterocycles. The number of likely N-dealkylation sites (tertiary alicyclic amines) is 1. The first-order valence-corrected chi connectivity index (χ1v) is 6.36. The number of pyridine rings is 1. The van der Waals surface area contributed by atoms with Crippen molar-refractivity contribution in [2.75, 3.05) is 13.1 Å². The van der Waals surface area contributed by atoms with Gasteiger partial charge in [0.1, 0.15) is 0 Å². The smallest absolute Gasteiger partial charge is 0.254 e. The average Bonchev–Trinajstić information content (AvgIpc) is 2.77. The molecule has 1 N–H and O–H groups in total. The molecule has 0 saturated carbocycles. The lowest BCUT2D eigenvalue weighted by atomic mass is 9.80. The highest BCUT2D eigenvalue weighted by molar-refractivity contribution is 5.94. The number of nitrogens with zero attached hydrogens (tertiary/aromatic N) is 1. The summed E-state index contributed by atoms with van der Waals surface area (Å²) in [6, 6.07) is 3.03. The molecule has 0 radical (unpaired) electrons. The number of carbonyl (C=O) groups excluding carboxylic acids is 1. The number of carbonyl (C=O) groups is 1. The highest BCUT2D eigenvalue weighted by atomic mass is 16.2. The number of nitrogens with one attached hydrogen (secondary N) is 1. The first-order valence-electron chi connectivity index (χ1n) is 6.36. The summed E-state index contributed by atoms with van der Waals surface area (Å²) < 4.78 is 0. The predicted octanol–water partition coefficient (Wildman–Crippen LogP) is 1.88. The standard InChI is InChI=1S/C14H20N2O2/c1-14(2,3)11-5-7-16(9-11)13(18)10-4-6-15-12(17)8-10/h4,6,8,11H,5,7,9H2,1-3H3,(H,15,17).